The normalized spacial score (nSPS) is 32.1. The van der Waals surface area contributed by atoms with E-state index in [0.29, 0.717) is 32.8 Å². The number of aromatic hydroxyl groups is 2. The van der Waals surface area contributed by atoms with Crippen LogP contribution in [0.25, 0.3) is 0 Å². The Morgan fingerprint density at radius 3 is 2.37 bits per heavy atom. The van der Waals surface area contributed by atoms with E-state index < -0.39 is 147 Å². The van der Waals surface area contributed by atoms with E-state index in [0.717, 1.165) is 13.2 Å². The summed E-state index contributed by atoms with van der Waals surface area (Å²) >= 11 is 0. The summed E-state index contributed by atoms with van der Waals surface area (Å²) in [4.78, 5) is 77.0. The van der Waals surface area contributed by atoms with Crippen molar-refractivity contribution in [3.05, 3.63) is 56.6 Å². The quantitative estimate of drug-likeness (QED) is 0.182. The summed E-state index contributed by atoms with van der Waals surface area (Å²) in [5, 5.41) is 68.6. The number of ether oxygens (including phenoxy) is 5. The standard InChI is InChI=1S/C39H44N2O16/c1-16-11-18-12-24(44)39(54-4)35(50)27-20(34(49)38(39,52)28(18)32(48)25(16)37(51)56-10-7-41-5-8-55-9-6-41)13-19-26(31(27)47)23(43)14-22(29(19)45)40-36-21(15-42)30(46)33(53-3)17(2)57-36/h11,13,17,21,24,30,33,36,42,44,46-48,52H,5-10,12,14-15H2,1-4H3/t17-,21+,24+,30-,33-,36?,38-,39+/m0/s1. The number of hydrogen-bond acceptors (Lipinski definition) is 18. The van der Waals surface area contributed by atoms with E-state index in [1.54, 1.807) is 6.92 Å². The first-order chi connectivity index (χ1) is 27.1. The summed E-state index contributed by atoms with van der Waals surface area (Å²) in [6.07, 6.45) is -7.33. The molecule has 2 aromatic carbocycles. The topological polar surface area (TPSA) is 268 Å². The van der Waals surface area contributed by atoms with E-state index in [-0.39, 0.29) is 17.7 Å². The van der Waals surface area contributed by atoms with Gasteiger partial charge in [0.05, 0.1) is 67.3 Å². The number of methoxy groups -OCH3 is 2. The molecular weight excluding hydrogens is 752 g/mol. The van der Waals surface area contributed by atoms with E-state index >= 15 is 0 Å². The number of aliphatic imine (C=N–C) groups is 1. The average Bonchev–Trinajstić information content (AvgIpc) is 3.16. The number of aliphatic hydroxyl groups excluding tert-OH is 3. The van der Waals surface area contributed by atoms with Gasteiger partial charge in [-0.2, -0.15) is 0 Å². The number of phenolic OH excluding ortho intramolecular Hbond substituents is 2. The van der Waals surface area contributed by atoms with Crippen LogP contribution in [0.3, 0.4) is 0 Å². The molecule has 0 amide bonds. The van der Waals surface area contributed by atoms with Gasteiger partial charge in [0.2, 0.25) is 17.3 Å². The molecule has 3 aliphatic carbocycles. The van der Waals surface area contributed by atoms with Crippen molar-refractivity contribution >= 4 is 34.8 Å². The number of Topliss-reactive ketones (excluding diaryl/α,β-unsaturated/α-hetero) is 4. The van der Waals surface area contributed by atoms with Gasteiger partial charge in [0.15, 0.2) is 23.2 Å². The molecule has 2 heterocycles. The predicted octanol–water partition coefficient (Wildman–Crippen LogP) is -0.596. The first-order valence-corrected chi connectivity index (χ1v) is 18.5. The van der Waals surface area contributed by atoms with Gasteiger partial charge >= 0.3 is 5.97 Å². The second kappa shape index (κ2) is 15.0. The summed E-state index contributed by atoms with van der Waals surface area (Å²) in [7, 11) is 2.27. The van der Waals surface area contributed by atoms with Crippen molar-refractivity contribution in [3.8, 4) is 11.5 Å². The van der Waals surface area contributed by atoms with Crippen LogP contribution in [0, 0.1) is 12.8 Å². The van der Waals surface area contributed by atoms with Crippen molar-refractivity contribution in [2.24, 2.45) is 10.9 Å². The molecule has 0 aromatic heterocycles. The largest absolute Gasteiger partial charge is 0.507 e. The highest BCUT2D eigenvalue weighted by Gasteiger charge is 2.72. The fraction of sp³-hybridized carbons (Fsp3) is 0.538. The van der Waals surface area contributed by atoms with Crippen molar-refractivity contribution < 1.29 is 78.3 Å². The van der Waals surface area contributed by atoms with Gasteiger partial charge in [-0.3, -0.25) is 29.1 Å². The Balaban J connectivity index is 1.32. The van der Waals surface area contributed by atoms with Gasteiger partial charge in [0, 0.05) is 57.0 Å². The second-order valence-electron chi connectivity index (χ2n) is 14.9. The Morgan fingerprint density at radius 1 is 1.02 bits per heavy atom. The number of carbonyl (C=O) groups excluding carboxylic acids is 5. The Morgan fingerprint density at radius 2 is 1.72 bits per heavy atom. The maximum atomic E-state index is 14.8. The second-order valence-corrected chi connectivity index (χ2v) is 14.9. The van der Waals surface area contributed by atoms with Gasteiger partial charge in [-0.25, -0.2) is 4.79 Å². The number of aryl methyl sites for hydroxylation is 1. The van der Waals surface area contributed by atoms with E-state index in [1.165, 1.54) is 20.1 Å². The summed E-state index contributed by atoms with van der Waals surface area (Å²) in [5.41, 5.74) is -10.3. The lowest BCUT2D eigenvalue weighted by molar-refractivity contribution is -0.206. The minimum atomic E-state index is -3.27. The molecule has 6 N–H and O–H groups in total. The van der Waals surface area contributed by atoms with E-state index in [9.17, 15) is 54.6 Å². The molecule has 0 saturated carbocycles. The fourth-order valence-corrected chi connectivity index (χ4v) is 9.01. The molecule has 0 bridgehead atoms. The van der Waals surface area contributed by atoms with Crippen LogP contribution in [0.4, 0.5) is 0 Å². The zero-order chi connectivity index (χ0) is 41.3. The number of nitrogens with zero attached hydrogens (tertiary/aromatic N) is 2. The van der Waals surface area contributed by atoms with Crippen molar-refractivity contribution in [2.75, 3.05) is 60.3 Å². The number of rotatable bonds is 8. The Kier molecular flexibility index (Phi) is 10.7. The molecule has 18 heteroatoms. The molecule has 2 aliphatic heterocycles. The molecule has 18 nitrogen and oxygen atoms in total. The molecule has 8 atom stereocenters. The van der Waals surface area contributed by atoms with Crippen LogP contribution in [-0.4, -0.2) is 167 Å². The van der Waals surface area contributed by atoms with Crippen molar-refractivity contribution in [1.29, 1.82) is 0 Å². The monoisotopic (exact) mass is 796 g/mol. The predicted molar refractivity (Wildman–Crippen MR) is 193 cm³/mol. The molecule has 2 saturated heterocycles. The van der Waals surface area contributed by atoms with E-state index in [4.69, 9.17) is 23.7 Å². The van der Waals surface area contributed by atoms with Gasteiger partial charge in [0.25, 0.3) is 0 Å². The van der Waals surface area contributed by atoms with Crippen LogP contribution >= 0.6 is 0 Å². The van der Waals surface area contributed by atoms with E-state index in [2.05, 4.69) is 4.99 Å². The SMILES string of the molecule is CO[C@@H]1[C@@H](O)[C@@H](CO)C(N=C2CC(=O)c3c(cc4c(c3O)C(=O)[C@]3(OC)[C@H](O)Cc5cc(C)c(C(=O)OCCN6CCOCC6)c(O)c5[C@]3(O)C4=O)C2=O)O[C@H]1C. The molecular formula is C39H44N2O16. The average molecular weight is 797 g/mol. The third-order valence-corrected chi connectivity index (χ3v) is 11.9. The lowest BCUT2D eigenvalue weighted by atomic mass is 9.56. The highest BCUT2D eigenvalue weighted by Crippen LogP contribution is 2.56. The molecule has 5 aliphatic rings. The number of esters is 1. The maximum absolute atomic E-state index is 14.8. The van der Waals surface area contributed by atoms with Crippen molar-refractivity contribution in [1.82, 2.24) is 4.90 Å². The third kappa shape index (κ3) is 5.96. The molecule has 2 fully saturated rings. The lowest BCUT2D eigenvalue weighted by Gasteiger charge is -2.52. The molecule has 1 unspecified atom stereocenters. The minimum Gasteiger partial charge on any atom is -0.507 e. The van der Waals surface area contributed by atoms with Gasteiger partial charge in [0.1, 0.15) is 29.8 Å². The van der Waals surface area contributed by atoms with Crippen LogP contribution in [0.2, 0.25) is 0 Å². The number of benzene rings is 2. The van der Waals surface area contributed by atoms with Gasteiger partial charge < -0.3 is 54.3 Å². The number of fused-ring (bicyclic) bond motifs is 5. The zero-order valence-corrected chi connectivity index (χ0v) is 31.6. The Hall–Kier alpha value is -4.50. The van der Waals surface area contributed by atoms with Gasteiger partial charge in [-0.1, -0.05) is 6.07 Å². The van der Waals surface area contributed by atoms with Crippen LogP contribution < -0.4 is 0 Å². The smallest absolute Gasteiger partial charge is 0.342 e. The van der Waals surface area contributed by atoms with Gasteiger partial charge in [-0.15, -0.1) is 0 Å². The van der Waals surface area contributed by atoms with Crippen molar-refractivity contribution in [2.45, 2.75) is 68.5 Å². The molecule has 306 valence electrons. The molecule has 7 rings (SSSR count). The van der Waals surface area contributed by atoms with E-state index in [1.807, 2.05) is 4.90 Å². The summed E-state index contributed by atoms with van der Waals surface area (Å²) in [5.74, 6) is -8.69. The molecule has 57 heavy (non-hydrogen) atoms. The first kappa shape index (κ1) is 40.7. The molecule has 0 spiro atoms. The van der Waals surface area contributed by atoms with Crippen molar-refractivity contribution in [3.63, 3.8) is 0 Å². The fourth-order valence-electron chi connectivity index (χ4n) is 9.01. The van der Waals surface area contributed by atoms with Crippen LogP contribution in [0.15, 0.2) is 17.1 Å². The lowest BCUT2D eigenvalue weighted by Crippen LogP contribution is -2.73. The highest BCUT2D eigenvalue weighted by molar-refractivity contribution is 6.53. The minimum absolute atomic E-state index is 0.0111. The zero-order valence-electron chi connectivity index (χ0n) is 31.6. The highest BCUT2D eigenvalue weighted by atomic mass is 16.6. The number of ketones is 4. The Bertz CT molecular complexity index is 2090. The molecule has 2 aromatic rings. The summed E-state index contributed by atoms with van der Waals surface area (Å²) in [6, 6.07) is 2.20. The summed E-state index contributed by atoms with van der Waals surface area (Å²) < 4.78 is 27.5. The summed E-state index contributed by atoms with van der Waals surface area (Å²) in [6.45, 7) is 4.98. The van der Waals surface area contributed by atoms with Crippen LogP contribution in [-0.2, 0) is 35.7 Å². The maximum Gasteiger partial charge on any atom is 0.342 e. The number of phenols is 2. The van der Waals surface area contributed by atoms with Gasteiger partial charge in [-0.05, 0) is 31.0 Å². The first-order valence-electron chi connectivity index (χ1n) is 18.5. The van der Waals surface area contributed by atoms with Crippen LogP contribution in [0.1, 0.15) is 81.8 Å². The number of aliphatic hydroxyl groups is 4. The number of hydrogen-bond donors (Lipinski definition) is 6. The Labute approximate surface area is 325 Å². The third-order valence-electron chi connectivity index (χ3n) is 11.9. The number of morpholine rings is 1. The number of carbonyl (C=O) groups is 5. The molecule has 0 radical (unpaired) electrons. The van der Waals surface area contributed by atoms with Crippen LogP contribution in [0.5, 0.6) is 11.5 Å².